The van der Waals surface area contributed by atoms with Crippen LogP contribution in [0, 0.1) is 17.0 Å². The Morgan fingerprint density at radius 2 is 2.15 bits per heavy atom. The van der Waals surface area contributed by atoms with Crippen LogP contribution in [0.25, 0.3) is 0 Å². The molecule has 0 spiro atoms. The van der Waals surface area contributed by atoms with E-state index in [9.17, 15) is 14.9 Å². The second-order valence-corrected chi connectivity index (χ2v) is 4.70. The third-order valence-electron chi connectivity index (χ3n) is 2.58. The van der Waals surface area contributed by atoms with Gasteiger partial charge < -0.3 is 9.84 Å². The summed E-state index contributed by atoms with van der Waals surface area (Å²) in [4.78, 5) is 23.1. The molecule has 0 saturated heterocycles. The van der Waals surface area contributed by atoms with E-state index in [1.54, 1.807) is 12.1 Å². The maximum Gasteiger partial charge on any atom is 0.344 e. The number of carbonyl (C=O) groups is 1. The van der Waals surface area contributed by atoms with Gasteiger partial charge >= 0.3 is 5.69 Å². The Kier molecular flexibility index (Phi) is 4.04. The van der Waals surface area contributed by atoms with Crippen molar-refractivity contribution in [1.29, 1.82) is 0 Å². The molecule has 7 nitrogen and oxygen atoms in total. The number of rotatable bonds is 4. The smallest absolute Gasteiger partial charge is 0.344 e. The monoisotopic (exact) mass is 293 g/mol. The Morgan fingerprint density at radius 1 is 1.45 bits per heavy atom. The first-order valence-corrected chi connectivity index (χ1v) is 6.82. The number of thioether (sulfide) groups is 1. The molecule has 1 aromatic heterocycles. The van der Waals surface area contributed by atoms with E-state index in [1.165, 1.54) is 18.7 Å². The first-order chi connectivity index (χ1) is 9.54. The predicted molar refractivity (Wildman–Crippen MR) is 74.1 cm³/mol. The van der Waals surface area contributed by atoms with Crippen LogP contribution in [0.1, 0.15) is 16.2 Å². The highest BCUT2D eigenvalue weighted by Gasteiger charge is 2.29. The minimum atomic E-state index is -0.679. The average Bonchev–Trinajstić information content (AvgIpc) is 2.81. The van der Waals surface area contributed by atoms with Crippen molar-refractivity contribution in [3.05, 3.63) is 45.8 Å². The van der Waals surface area contributed by atoms with Crippen LogP contribution in [0.3, 0.4) is 0 Å². The van der Waals surface area contributed by atoms with Crippen molar-refractivity contribution in [3.8, 4) is 0 Å². The summed E-state index contributed by atoms with van der Waals surface area (Å²) < 4.78 is 4.71. The second-order valence-electron chi connectivity index (χ2n) is 3.85. The number of amides is 1. The van der Waals surface area contributed by atoms with E-state index < -0.39 is 16.5 Å². The first-order valence-electron chi connectivity index (χ1n) is 5.59. The van der Waals surface area contributed by atoms with Crippen LogP contribution in [-0.2, 0) is 0 Å². The summed E-state index contributed by atoms with van der Waals surface area (Å²) >= 11 is 1.46. The van der Waals surface area contributed by atoms with Crippen LogP contribution in [0.15, 0.2) is 33.7 Å². The number of hydrogen-bond donors (Lipinski definition) is 1. The molecule has 1 heterocycles. The van der Waals surface area contributed by atoms with Crippen molar-refractivity contribution in [2.24, 2.45) is 0 Å². The molecular weight excluding hydrogens is 282 g/mol. The van der Waals surface area contributed by atoms with E-state index in [0.29, 0.717) is 5.69 Å². The minimum absolute atomic E-state index is 0.00157. The van der Waals surface area contributed by atoms with Crippen LogP contribution in [-0.4, -0.2) is 22.2 Å². The van der Waals surface area contributed by atoms with Gasteiger partial charge in [-0.05, 0) is 18.4 Å². The molecule has 1 amide bonds. The van der Waals surface area contributed by atoms with Gasteiger partial charge in [0.2, 0.25) is 11.5 Å². The van der Waals surface area contributed by atoms with Crippen molar-refractivity contribution in [2.75, 3.05) is 11.6 Å². The number of nitrogens with one attached hydrogen (secondary N) is 1. The highest BCUT2D eigenvalue weighted by molar-refractivity contribution is 7.98. The van der Waals surface area contributed by atoms with Gasteiger partial charge in [0, 0.05) is 11.8 Å². The lowest BCUT2D eigenvalue weighted by atomic mass is 10.2. The predicted octanol–water partition coefficient (Wildman–Crippen LogP) is 2.87. The van der Waals surface area contributed by atoms with Gasteiger partial charge in [0.05, 0.1) is 10.6 Å². The third-order valence-corrected chi connectivity index (χ3v) is 3.38. The van der Waals surface area contributed by atoms with Crippen LogP contribution < -0.4 is 5.32 Å². The fourth-order valence-corrected chi connectivity index (χ4v) is 2.21. The Labute approximate surface area is 118 Å². The standard InChI is InChI=1S/C12H11N3O4S/c1-7-11(15(17)18)10(14-19-7)12(16)13-8-5-3-4-6-9(8)20-2/h3-6H,1-2H3,(H,13,16). The number of nitro groups is 1. The number of para-hydroxylation sites is 1. The van der Waals surface area contributed by atoms with E-state index in [4.69, 9.17) is 4.52 Å². The van der Waals surface area contributed by atoms with Gasteiger partial charge in [0.1, 0.15) is 0 Å². The summed E-state index contributed by atoms with van der Waals surface area (Å²) in [5.74, 6) is -0.673. The fraction of sp³-hybridized carbons (Fsp3) is 0.167. The highest BCUT2D eigenvalue weighted by Crippen LogP contribution is 2.27. The fourth-order valence-electron chi connectivity index (χ4n) is 1.66. The maximum absolute atomic E-state index is 12.1. The van der Waals surface area contributed by atoms with Gasteiger partial charge in [-0.1, -0.05) is 17.3 Å². The molecule has 1 aromatic carbocycles. The molecular formula is C12H11N3O4S. The molecule has 2 aromatic rings. The van der Waals surface area contributed by atoms with Crippen molar-refractivity contribution in [2.45, 2.75) is 11.8 Å². The molecule has 0 saturated carbocycles. The van der Waals surface area contributed by atoms with Crippen molar-refractivity contribution in [3.63, 3.8) is 0 Å². The van der Waals surface area contributed by atoms with Crippen LogP contribution in [0.2, 0.25) is 0 Å². The second kappa shape index (κ2) is 5.74. The number of nitrogens with zero attached hydrogens (tertiary/aromatic N) is 2. The first kappa shape index (κ1) is 14.1. The Morgan fingerprint density at radius 3 is 2.80 bits per heavy atom. The minimum Gasteiger partial charge on any atom is -0.353 e. The molecule has 2 rings (SSSR count). The van der Waals surface area contributed by atoms with E-state index in [-0.39, 0.29) is 11.5 Å². The molecule has 0 radical (unpaired) electrons. The lowest BCUT2D eigenvalue weighted by Crippen LogP contribution is -2.14. The summed E-state index contributed by atoms with van der Waals surface area (Å²) in [7, 11) is 0. The Hall–Kier alpha value is -2.35. The molecule has 1 N–H and O–H groups in total. The summed E-state index contributed by atoms with van der Waals surface area (Å²) in [5, 5.41) is 17.0. The molecule has 0 fully saturated rings. The number of hydrogen-bond acceptors (Lipinski definition) is 6. The molecule has 0 aliphatic carbocycles. The zero-order valence-electron chi connectivity index (χ0n) is 10.7. The van der Waals surface area contributed by atoms with Gasteiger partial charge in [-0.2, -0.15) is 0 Å². The quantitative estimate of drug-likeness (QED) is 0.528. The molecule has 8 heteroatoms. The normalized spacial score (nSPS) is 10.3. The largest absolute Gasteiger partial charge is 0.353 e. The Bertz CT molecular complexity index is 668. The molecule has 0 aliphatic heterocycles. The molecule has 0 unspecified atom stereocenters. The van der Waals surface area contributed by atoms with Gasteiger partial charge in [0.25, 0.3) is 5.91 Å². The summed E-state index contributed by atoms with van der Waals surface area (Å²) in [6.45, 7) is 1.39. The van der Waals surface area contributed by atoms with Gasteiger partial charge in [-0.25, -0.2) is 0 Å². The van der Waals surface area contributed by atoms with Crippen molar-refractivity contribution >= 4 is 29.0 Å². The lowest BCUT2D eigenvalue weighted by Gasteiger charge is -2.07. The SMILES string of the molecule is CSc1ccccc1NC(=O)c1noc(C)c1[N+](=O)[O-]. The zero-order chi connectivity index (χ0) is 14.7. The van der Waals surface area contributed by atoms with Gasteiger partial charge in [-0.15, -0.1) is 11.8 Å². The number of aryl methyl sites for hydroxylation is 1. The van der Waals surface area contributed by atoms with Crippen molar-refractivity contribution < 1.29 is 14.2 Å². The van der Waals surface area contributed by atoms with Crippen LogP contribution in [0.5, 0.6) is 0 Å². The third kappa shape index (κ3) is 2.64. The molecule has 0 aliphatic rings. The molecule has 20 heavy (non-hydrogen) atoms. The summed E-state index contributed by atoms with van der Waals surface area (Å²) in [6.07, 6.45) is 1.87. The van der Waals surface area contributed by atoms with Crippen LogP contribution >= 0.6 is 11.8 Å². The molecule has 0 bridgehead atoms. The van der Waals surface area contributed by atoms with E-state index in [1.807, 2.05) is 18.4 Å². The van der Waals surface area contributed by atoms with Crippen LogP contribution in [0.4, 0.5) is 11.4 Å². The van der Waals surface area contributed by atoms with Gasteiger partial charge in [-0.3, -0.25) is 14.9 Å². The zero-order valence-corrected chi connectivity index (χ0v) is 11.6. The van der Waals surface area contributed by atoms with Gasteiger partial charge in [0.15, 0.2) is 0 Å². The molecule has 104 valence electrons. The van der Waals surface area contributed by atoms with E-state index in [0.717, 1.165) is 4.90 Å². The summed E-state index contributed by atoms with van der Waals surface area (Å²) in [6, 6.07) is 7.15. The number of carbonyl (C=O) groups excluding carboxylic acids is 1. The van der Waals surface area contributed by atoms with E-state index >= 15 is 0 Å². The highest BCUT2D eigenvalue weighted by atomic mass is 32.2. The number of aromatic nitrogens is 1. The molecule has 0 atom stereocenters. The van der Waals surface area contributed by atoms with Crippen molar-refractivity contribution in [1.82, 2.24) is 5.16 Å². The number of benzene rings is 1. The topological polar surface area (TPSA) is 98.3 Å². The average molecular weight is 293 g/mol. The van der Waals surface area contributed by atoms with E-state index in [2.05, 4.69) is 10.5 Å². The summed E-state index contributed by atoms with van der Waals surface area (Å²) in [5.41, 5.74) is -0.174. The number of anilines is 1. The maximum atomic E-state index is 12.1. The Balaban J connectivity index is 2.31. The lowest BCUT2D eigenvalue weighted by molar-refractivity contribution is -0.386.